The van der Waals surface area contributed by atoms with E-state index in [1.807, 2.05) is 6.07 Å². The van der Waals surface area contributed by atoms with E-state index in [1.54, 1.807) is 50.0 Å². The maximum absolute atomic E-state index is 15.2. The fraction of sp³-hybridized carbons (Fsp3) is 0.222. The molecule has 0 bridgehead atoms. The Bertz CT molecular complexity index is 1640. The maximum Gasteiger partial charge on any atom is 0.316 e. The molecule has 0 saturated carbocycles. The minimum absolute atomic E-state index is 0.0355. The zero-order chi connectivity index (χ0) is 27.5. The molecular weight excluding hydrogens is 519 g/mol. The Kier molecular flexibility index (Phi) is 6.93. The zero-order valence-corrected chi connectivity index (χ0v) is 21.7. The number of ether oxygens (including phenoxy) is 4. The highest BCUT2D eigenvalue weighted by Crippen LogP contribution is 2.36. The van der Waals surface area contributed by atoms with Gasteiger partial charge in [0.1, 0.15) is 35.5 Å². The lowest BCUT2D eigenvalue weighted by Crippen LogP contribution is -2.19. The van der Waals surface area contributed by atoms with Crippen molar-refractivity contribution in [3.05, 3.63) is 67.1 Å². The molecule has 1 fully saturated rings. The first-order valence-electron chi connectivity index (χ1n) is 12.5. The van der Waals surface area contributed by atoms with Crippen molar-refractivity contribution < 1.29 is 23.3 Å². The summed E-state index contributed by atoms with van der Waals surface area (Å²) in [6.07, 6.45) is 7.16. The summed E-state index contributed by atoms with van der Waals surface area (Å²) >= 11 is 0. The summed E-state index contributed by atoms with van der Waals surface area (Å²) in [6, 6.07) is 9.97. The number of fused-ring (bicyclic) bond motifs is 1. The van der Waals surface area contributed by atoms with Crippen LogP contribution in [0, 0.1) is 5.82 Å². The fourth-order valence-corrected chi connectivity index (χ4v) is 4.27. The highest BCUT2D eigenvalue weighted by molar-refractivity contribution is 5.93. The van der Waals surface area contributed by atoms with Crippen molar-refractivity contribution in [2.75, 3.05) is 32.6 Å². The number of hydrogen-bond donors (Lipinski definition) is 2. The molecule has 1 aliphatic heterocycles. The van der Waals surface area contributed by atoms with E-state index in [-0.39, 0.29) is 29.4 Å². The quantitative estimate of drug-likeness (QED) is 0.279. The normalized spacial score (nSPS) is 14.7. The molecule has 6 rings (SSSR count). The molecule has 13 heteroatoms. The second-order valence-corrected chi connectivity index (χ2v) is 8.87. The second kappa shape index (κ2) is 11.0. The number of nitrogens with zero attached hydrogens (tertiary/aromatic N) is 6. The van der Waals surface area contributed by atoms with E-state index in [0.717, 1.165) is 19.5 Å². The third kappa shape index (κ3) is 5.27. The van der Waals surface area contributed by atoms with Gasteiger partial charge in [-0.3, -0.25) is 0 Å². The van der Waals surface area contributed by atoms with Crippen molar-refractivity contribution in [1.29, 1.82) is 0 Å². The summed E-state index contributed by atoms with van der Waals surface area (Å²) in [6.45, 7) is 1.66. The van der Waals surface area contributed by atoms with Gasteiger partial charge in [-0.15, -0.1) is 5.10 Å². The first kappa shape index (κ1) is 25.2. The molecule has 2 N–H and O–H groups in total. The molecule has 1 saturated heterocycles. The summed E-state index contributed by atoms with van der Waals surface area (Å²) < 4.78 is 39.1. The van der Waals surface area contributed by atoms with Gasteiger partial charge in [0.05, 0.1) is 37.8 Å². The van der Waals surface area contributed by atoms with E-state index in [0.29, 0.717) is 33.9 Å². The summed E-state index contributed by atoms with van der Waals surface area (Å²) in [4.78, 5) is 16.8. The van der Waals surface area contributed by atoms with E-state index < -0.39 is 5.82 Å². The maximum atomic E-state index is 15.2. The minimum Gasteiger partial charge on any atom is -0.493 e. The average molecular weight is 545 g/mol. The number of benzene rings is 2. The summed E-state index contributed by atoms with van der Waals surface area (Å²) in [7, 11) is 3.07. The number of aromatic nitrogens is 6. The predicted octanol–water partition coefficient (Wildman–Crippen LogP) is 4.04. The molecule has 0 aliphatic carbocycles. The number of halogens is 1. The average Bonchev–Trinajstić information content (AvgIpc) is 3.67. The van der Waals surface area contributed by atoms with E-state index in [1.165, 1.54) is 24.2 Å². The summed E-state index contributed by atoms with van der Waals surface area (Å²) in [5.41, 5.74) is 1.46. The number of anilines is 2. The van der Waals surface area contributed by atoms with Crippen LogP contribution in [0.3, 0.4) is 0 Å². The van der Waals surface area contributed by atoms with Crippen LogP contribution in [0.5, 0.6) is 29.1 Å². The summed E-state index contributed by atoms with van der Waals surface area (Å²) in [5, 5.41) is 11.3. The lowest BCUT2D eigenvalue weighted by atomic mass is 10.2. The van der Waals surface area contributed by atoms with Gasteiger partial charge in [-0.2, -0.15) is 0 Å². The Balaban J connectivity index is 1.20. The van der Waals surface area contributed by atoms with Crippen molar-refractivity contribution in [2.24, 2.45) is 0 Å². The van der Waals surface area contributed by atoms with E-state index in [4.69, 9.17) is 18.9 Å². The van der Waals surface area contributed by atoms with E-state index in [9.17, 15) is 0 Å². The van der Waals surface area contributed by atoms with Gasteiger partial charge in [0.25, 0.3) is 0 Å². The third-order valence-corrected chi connectivity index (χ3v) is 6.27. The van der Waals surface area contributed by atoms with Crippen molar-refractivity contribution in [3.8, 4) is 34.8 Å². The van der Waals surface area contributed by atoms with Crippen LogP contribution in [0.2, 0.25) is 0 Å². The molecule has 1 atom stereocenters. The van der Waals surface area contributed by atoms with Crippen molar-refractivity contribution in [3.63, 3.8) is 0 Å². The molecule has 0 spiro atoms. The topological polar surface area (TPSA) is 130 Å². The first-order valence-corrected chi connectivity index (χ1v) is 12.5. The third-order valence-electron chi connectivity index (χ3n) is 6.27. The van der Waals surface area contributed by atoms with E-state index >= 15 is 4.39 Å². The lowest BCUT2D eigenvalue weighted by molar-refractivity contribution is 0.213. The number of hydrogen-bond acceptors (Lipinski definition) is 11. The van der Waals surface area contributed by atoms with Gasteiger partial charge in [0.2, 0.25) is 5.88 Å². The molecule has 0 amide bonds. The summed E-state index contributed by atoms with van der Waals surface area (Å²) in [5.74, 6) is 1.59. The van der Waals surface area contributed by atoms with Crippen LogP contribution in [0.1, 0.15) is 6.42 Å². The molecule has 4 heterocycles. The number of rotatable bonds is 9. The molecule has 5 aromatic rings. The molecule has 204 valence electrons. The highest BCUT2D eigenvalue weighted by Gasteiger charge is 2.20. The van der Waals surface area contributed by atoms with Crippen LogP contribution in [0.25, 0.3) is 16.6 Å². The molecule has 1 aliphatic rings. The van der Waals surface area contributed by atoms with Gasteiger partial charge in [0, 0.05) is 36.3 Å². The van der Waals surface area contributed by atoms with Crippen molar-refractivity contribution in [2.45, 2.75) is 12.5 Å². The second-order valence-electron chi connectivity index (χ2n) is 8.87. The standard InChI is InChI=1S/C27H25FN8O4/c1-37-23-11-22-19(10-24(23)39-18-5-7-29-14-18)26(33-15-32-22)34-21-4-3-17(9-20(21)28)40-25-6-8-36(35-25)16-12-30-27(38-2)31-13-16/h3-4,6,8-13,15,18,29H,5,7,14H2,1-2H3,(H,32,33,34)/t18-/m0/s1. The molecule has 0 unspecified atom stereocenters. The molecule has 12 nitrogen and oxygen atoms in total. The van der Waals surface area contributed by atoms with Gasteiger partial charge >= 0.3 is 6.01 Å². The van der Waals surface area contributed by atoms with Crippen LogP contribution in [0.15, 0.2) is 61.3 Å². The molecule has 0 radical (unpaired) electrons. The smallest absolute Gasteiger partial charge is 0.316 e. The lowest BCUT2D eigenvalue weighted by Gasteiger charge is -2.17. The van der Waals surface area contributed by atoms with Gasteiger partial charge in [-0.05, 0) is 31.2 Å². The van der Waals surface area contributed by atoms with Gasteiger partial charge in [-0.1, -0.05) is 0 Å². The molecule has 2 aromatic carbocycles. The fourth-order valence-electron chi connectivity index (χ4n) is 4.27. The van der Waals surface area contributed by atoms with Gasteiger partial charge in [-0.25, -0.2) is 29.0 Å². The van der Waals surface area contributed by atoms with Gasteiger partial charge in [0.15, 0.2) is 11.5 Å². The Morgan fingerprint density at radius 1 is 1.00 bits per heavy atom. The predicted molar refractivity (Wildman–Crippen MR) is 143 cm³/mol. The van der Waals surface area contributed by atoms with Crippen LogP contribution in [-0.4, -0.2) is 63.1 Å². The Hall–Kier alpha value is -5.04. The zero-order valence-electron chi connectivity index (χ0n) is 21.7. The Morgan fingerprint density at radius 2 is 1.88 bits per heavy atom. The first-order chi connectivity index (χ1) is 19.6. The molecule has 3 aromatic heterocycles. The SMILES string of the molecule is COc1ncc(-n2ccc(Oc3ccc(Nc4ncnc5cc(OC)c(O[C@H]6CCNC6)cc45)c(F)c3)n2)cn1. The molecule has 40 heavy (non-hydrogen) atoms. The largest absolute Gasteiger partial charge is 0.493 e. The number of methoxy groups -OCH3 is 2. The van der Waals surface area contributed by atoms with Crippen LogP contribution in [-0.2, 0) is 0 Å². The highest BCUT2D eigenvalue weighted by atomic mass is 19.1. The van der Waals surface area contributed by atoms with Crippen molar-refractivity contribution >= 4 is 22.4 Å². The monoisotopic (exact) mass is 544 g/mol. The van der Waals surface area contributed by atoms with Gasteiger partial charge < -0.3 is 29.6 Å². The van der Waals surface area contributed by atoms with E-state index in [2.05, 4.69) is 35.7 Å². The minimum atomic E-state index is -0.533. The molecular formula is C27H25FN8O4. The van der Waals surface area contributed by atoms with Crippen molar-refractivity contribution in [1.82, 2.24) is 35.0 Å². The Morgan fingerprint density at radius 3 is 2.62 bits per heavy atom. The van der Waals surface area contributed by atoms with Crippen LogP contribution < -0.4 is 29.6 Å². The number of nitrogens with one attached hydrogen (secondary N) is 2. The Labute approximate surface area is 228 Å². The van der Waals surface area contributed by atoms with Crippen LogP contribution >= 0.6 is 0 Å². The van der Waals surface area contributed by atoms with Crippen LogP contribution in [0.4, 0.5) is 15.9 Å².